The number of aliphatic hydroxyl groups excluding tert-OH is 1. The molecule has 0 spiro atoms. The first-order valence-electron chi connectivity index (χ1n) is 7.53. The van der Waals surface area contributed by atoms with Crippen molar-refractivity contribution in [1.82, 2.24) is 9.55 Å². The number of hydrogen-bond acceptors (Lipinski definition) is 3. The third-order valence-corrected chi connectivity index (χ3v) is 3.90. The zero-order chi connectivity index (χ0) is 15.9. The van der Waals surface area contributed by atoms with Gasteiger partial charge in [0.05, 0.1) is 12.0 Å². The molecular weight excluding hydrogens is 298 g/mol. The van der Waals surface area contributed by atoms with E-state index in [2.05, 4.69) is 16.5 Å². The maximum atomic E-state index is 8.91. The molecule has 0 unspecified atom stereocenters. The minimum absolute atomic E-state index is 0.514. The third kappa shape index (κ3) is 4.04. The number of imidazole rings is 1. The summed E-state index contributed by atoms with van der Waals surface area (Å²) < 4.78 is 2.14. The van der Waals surface area contributed by atoms with Crippen molar-refractivity contribution in [3.05, 3.63) is 58.8 Å². The van der Waals surface area contributed by atoms with Crippen molar-refractivity contribution in [1.29, 1.82) is 0 Å². The van der Waals surface area contributed by atoms with Crippen molar-refractivity contribution in [2.45, 2.75) is 39.2 Å². The van der Waals surface area contributed by atoms with E-state index in [1.807, 2.05) is 24.3 Å². The molecule has 2 aromatic rings. The van der Waals surface area contributed by atoms with Crippen LogP contribution in [0, 0.1) is 0 Å². The number of unbranched alkanes of at least 4 members (excludes halogenated alkanes) is 1. The zero-order valence-electron chi connectivity index (χ0n) is 12.8. The lowest BCUT2D eigenvalue weighted by Crippen LogP contribution is -2.09. The highest BCUT2D eigenvalue weighted by Crippen LogP contribution is 2.22. The first kappa shape index (κ1) is 16.4. The fourth-order valence-electron chi connectivity index (χ4n) is 2.38. The first-order valence-corrected chi connectivity index (χ1v) is 7.91. The fourth-order valence-corrected chi connectivity index (χ4v) is 2.66. The second-order valence-corrected chi connectivity index (χ2v) is 5.64. The Hall–Kier alpha value is -1.94. The van der Waals surface area contributed by atoms with Crippen LogP contribution in [0.2, 0.25) is 5.15 Å². The number of rotatable bonds is 7. The Labute approximate surface area is 136 Å². The number of aryl methyl sites for hydroxylation is 1. The van der Waals surface area contributed by atoms with E-state index in [0.717, 1.165) is 48.3 Å². The van der Waals surface area contributed by atoms with Crippen molar-refractivity contribution >= 4 is 17.3 Å². The monoisotopic (exact) mass is 319 g/mol. The van der Waals surface area contributed by atoms with Crippen molar-refractivity contribution < 1.29 is 5.11 Å². The summed E-state index contributed by atoms with van der Waals surface area (Å²) in [7, 11) is 0. The van der Waals surface area contributed by atoms with Crippen LogP contribution in [0.25, 0.3) is 0 Å². The summed E-state index contributed by atoms with van der Waals surface area (Å²) in [5.74, 6) is 0.991. The molecule has 1 aromatic heterocycles. The van der Waals surface area contributed by atoms with Gasteiger partial charge >= 0.3 is 0 Å². The van der Waals surface area contributed by atoms with Crippen molar-refractivity contribution in [2.24, 2.45) is 0 Å². The molecule has 1 aromatic carbocycles. The molecular formula is C17H22ClN3O. The Morgan fingerprint density at radius 1 is 1.32 bits per heavy atom. The predicted octanol–water partition coefficient (Wildman–Crippen LogP) is 4.12. The Morgan fingerprint density at radius 2 is 2.05 bits per heavy atom. The smallest absolute Gasteiger partial charge is 0.150 e. The number of benzene rings is 1. The molecule has 3 N–H and O–H groups in total. The molecule has 2 rings (SSSR count). The summed E-state index contributed by atoms with van der Waals surface area (Å²) in [4.78, 5) is 4.50. The second-order valence-electron chi connectivity index (χ2n) is 5.29. The van der Waals surface area contributed by atoms with Gasteiger partial charge in [0.2, 0.25) is 0 Å². The Bertz CT molecular complexity index is 632. The second kappa shape index (κ2) is 7.90. The number of nitrogens with zero attached hydrogens (tertiary/aromatic N) is 2. The van der Waals surface area contributed by atoms with Crippen molar-refractivity contribution in [2.75, 3.05) is 5.73 Å². The largest absolute Gasteiger partial charge is 0.516 e. The third-order valence-electron chi connectivity index (χ3n) is 3.59. The number of allylic oxidation sites excluding steroid dienone is 1. The standard InChI is InChI=1S/C17H22ClN3O/c1-2-3-6-16-20-17(18)15(5-4-11-22)21(16)12-13-7-9-14(19)10-8-13/h4,7-11,22H,2-3,5-6,12,19H2,1H3. The van der Waals surface area contributed by atoms with Gasteiger partial charge in [-0.15, -0.1) is 0 Å². The molecule has 0 aliphatic carbocycles. The van der Waals surface area contributed by atoms with E-state index < -0.39 is 0 Å². The Kier molecular flexibility index (Phi) is 5.90. The minimum atomic E-state index is 0.514. The van der Waals surface area contributed by atoms with Gasteiger partial charge in [0.1, 0.15) is 5.82 Å². The number of nitrogen functional groups attached to an aromatic ring is 1. The quantitative estimate of drug-likeness (QED) is 0.596. The van der Waals surface area contributed by atoms with Crippen LogP contribution in [0.15, 0.2) is 36.6 Å². The molecule has 0 atom stereocenters. The van der Waals surface area contributed by atoms with E-state index in [-0.39, 0.29) is 0 Å². The van der Waals surface area contributed by atoms with E-state index in [9.17, 15) is 0 Å². The summed E-state index contributed by atoms with van der Waals surface area (Å²) in [5, 5.41) is 9.42. The summed E-state index contributed by atoms with van der Waals surface area (Å²) in [6.45, 7) is 2.86. The van der Waals surface area contributed by atoms with Gasteiger partial charge in [-0.2, -0.15) is 0 Å². The van der Waals surface area contributed by atoms with Crippen LogP contribution in [-0.2, 0) is 19.4 Å². The van der Waals surface area contributed by atoms with Gasteiger partial charge < -0.3 is 15.4 Å². The Balaban J connectivity index is 2.33. The number of anilines is 1. The normalized spacial score (nSPS) is 11.4. The number of hydrogen-bond donors (Lipinski definition) is 2. The van der Waals surface area contributed by atoms with E-state index in [1.54, 1.807) is 6.08 Å². The van der Waals surface area contributed by atoms with Crippen LogP contribution in [0.5, 0.6) is 0 Å². The summed E-state index contributed by atoms with van der Waals surface area (Å²) >= 11 is 6.29. The average Bonchev–Trinajstić information content (AvgIpc) is 2.80. The molecule has 0 aliphatic heterocycles. The average molecular weight is 320 g/mol. The van der Waals surface area contributed by atoms with Gasteiger partial charge in [-0.05, 0) is 30.2 Å². The SMILES string of the molecule is CCCCc1nc(Cl)c(CC=CO)n1Cc1ccc(N)cc1. The molecule has 1 heterocycles. The van der Waals surface area contributed by atoms with Gasteiger partial charge in [0.25, 0.3) is 0 Å². The van der Waals surface area contributed by atoms with Crippen LogP contribution < -0.4 is 5.73 Å². The van der Waals surface area contributed by atoms with E-state index in [4.69, 9.17) is 22.4 Å². The molecule has 5 heteroatoms. The van der Waals surface area contributed by atoms with Gasteiger partial charge in [-0.25, -0.2) is 4.98 Å². The number of aromatic nitrogens is 2. The summed E-state index contributed by atoms with van der Waals surface area (Å²) in [6.07, 6.45) is 6.36. The van der Waals surface area contributed by atoms with Crippen molar-refractivity contribution in [3.63, 3.8) is 0 Å². The number of aliphatic hydroxyl groups is 1. The van der Waals surface area contributed by atoms with Gasteiger partial charge in [0.15, 0.2) is 5.15 Å². The predicted molar refractivity (Wildman–Crippen MR) is 91.3 cm³/mol. The lowest BCUT2D eigenvalue weighted by molar-refractivity contribution is 0.471. The zero-order valence-corrected chi connectivity index (χ0v) is 13.6. The summed E-state index contributed by atoms with van der Waals surface area (Å²) in [5.41, 5.74) is 8.56. The molecule has 0 aliphatic rings. The highest BCUT2D eigenvalue weighted by Gasteiger charge is 2.15. The first-order chi connectivity index (χ1) is 10.7. The fraction of sp³-hybridized carbons (Fsp3) is 0.353. The van der Waals surface area contributed by atoms with Crippen molar-refractivity contribution in [3.8, 4) is 0 Å². The van der Waals surface area contributed by atoms with Crippen LogP contribution >= 0.6 is 11.6 Å². The van der Waals surface area contributed by atoms with Gasteiger partial charge in [-0.1, -0.05) is 37.1 Å². The molecule has 4 nitrogen and oxygen atoms in total. The van der Waals surface area contributed by atoms with E-state index in [1.165, 1.54) is 0 Å². The molecule has 118 valence electrons. The highest BCUT2D eigenvalue weighted by molar-refractivity contribution is 6.30. The maximum absolute atomic E-state index is 8.91. The highest BCUT2D eigenvalue weighted by atomic mass is 35.5. The molecule has 0 bridgehead atoms. The lowest BCUT2D eigenvalue weighted by Gasteiger charge is -2.11. The summed E-state index contributed by atoms with van der Waals surface area (Å²) in [6, 6.07) is 7.82. The maximum Gasteiger partial charge on any atom is 0.150 e. The molecule has 0 fully saturated rings. The van der Waals surface area contributed by atoms with Gasteiger partial charge in [0, 0.05) is 25.1 Å². The van der Waals surface area contributed by atoms with E-state index in [0.29, 0.717) is 18.1 Å². The Morgan fingerprint density at radius 3 is 2.68 bits per heavy atom. The van der Waals surface area contributed by atoms with E-state index >= 15 is 0 Å². The van der Waals surface area contributed by atoms with Crippen LogP contribution in [0.4, 0.5) is 5.69 Å². The molecule has 0 saturated heterocycles. The number of halogens is 1. The number of nitrogens with two attached hydrogens (primary N) is 1. The molecule has 0 saturated carbocycles. The van der Waals surface area contributed by atoms with Crippen LogP contribution in [-0.4, -0.2) is 14.7 Å². The molecule has 0 radical (unpaired) electrons. The van der Waals surface area contributed by atoms with Crippen LogP contribution in [0.1, 0.15) is 36.8 Å². The topological polar surface area (TPSA) is 64.1 Å². The minimum Gasteiger partial charge on any atom is -0.516 e. The molecule has 22 heavy (non-hydrogen) atoms. The van der Waals surface area contributed by atoms with Gasteiger partial charge in [-0.3, -0.25) is 0 Å². The van der Waals surface area contributed by atoms with Crippen LogP contribution in [0.3, 0.4) is 0 Å². The lowest BCUT2D eigenvalue weighted by atomic mass is 10.2. The molecule has 0 amide bonds.